The Morgan fingerprint density at radius 1 is 1.33 bits per heavy atom. The fourth-order valence-corrected chi connectivity index (χ4v) is 2.95. The Labute approximate surface area is 125 Å². The van der Waals surface area contributed by atoms with Crippen molar-refractivity contribution in [2.75, 3.05) is 5.32 Å². The molecule has 0 unspecified atom stereocenters. The van der Waals surface area contributed by atoms with Gasteiger partial charge in [-0.25, -0.2) is 4.98 Å². The number of pyridine rings is 1. The van der Waals surface area contributed by atoms with Gasteiger partial charge in [0.25, 0.3) is 5.56 Å². The molecule has 0 atom stereocenters. The normalized spacial score (nSPS) is 14.5. The topological polar surface area (TPSA) is 70.7 Å². The molecule has 5 nitrogen and oxygen atoms in total. The quantitative estimate of drug-likeness (QED) is 0.777. The van der Waals surface area contributed by atoms with Gasteiger partial charge in [-0.2, -0.15) is 4.37 Å². The molecule has 0 bridgehead atoms. The summed E-state index contributed by atoms with van der Waals surface area (Å²) >= 11 is 1.36. The van der Waals surface area contributed by atoms with Crippen LogP contribution in [0, 0.1) is 0 Å². The van der Waals surface area contributed by atoms with Gasteiger partial charge >= 0.3 is 0 Å². The summed E-state index contributed by atoms with van der Waals surface area (Å²) in [4.78, 5) is 19.4. The molecule has 4 rings (SSSR count). The van der Waals surface area contributed by atoms with Gasteiger partial charge < -0.3 is 10.3 Å². The highest BCUT2D eigenvalue weighted by Crippen LogP contribution is 2.39. The number of nitrogens with zero attached hydrogens (tertiary/aromatic N) is 2. The summed E-state index contributed by atoms with van der Waals surface area (Å²) in [6.45, 7) is 0.458. The van der Waals surface area contributed by atoms with E-state index >= 15 is 0 Å². The summed E-state index contributed by atoms with van der Waals surface area (Å²) in [5.41, 5.74) is 1.50. The number of fused-ring (bicyclic) bond motifs is 1. The lowest BCUT2D eigenvalue weighted by Gasteiger charge is -2.04. The van der Waals surface area contributed by atoms with Gasteiger partial charge in [0.2, 0.25) is 5.13 Å². The Bertz CT molecular complexity index is 850. The van der Waals surface area contributed by atoms with Crippen LogP contribution in [0.15, 0.2) is 35.1 Å². The van der Waals surface area contributed by atoms with Crippen LogP contribution < -0.4 is 10.9 Å². The highest BCUT2D eigenvalue weighted by molar-refractivity contribution is 7.09. The van der Waals surface area contributed by atoms with Crippen molar-refractivity contribution < 1.29 is 0 Å². The van der Waals surface area contributed by atoms with E-state index in [0.29, 0.717) is 18.0 Å². The maximum Gasteiger partial charge on any atom is 0.253 e. The van der Waals surface area contributed by atoms with E-state index in [9.17, 15) is 4.79 Å². The van der Waals surface area contributed by atoms with Crippen molar-refractivity contribution in [3.05, 3.63) is 52.1 Å². The third-order valence-electron chi connectivity index (χ3n) is 3.64. The summed E-state index contributed by atoms with van der Waals surface area (Å²) in [6.07, 6.45) is 2.39. The first-order chi connectivity index (χ1) is 10.3. The number of nitrogens with one attached hydrogen (secondary N) is 2. The van der Waals surface area contributed by atoms with E-state index in [-0.39, 0.29) is 5.56 Å². The van der Waals surface area contributed by atoms with Crippen molar-refractivity contribution in [1.82, 2.24) is 14.3 Å². The molecule has 2 heterocycles. The standard InChI is InChI=1S/C15H14N4OS/c20-14-11(7-10-3-1-2-4-12(10)17-14)8-16-15-18-13(19-21-15)9-5-6-9/h1-4,7,9H,5-6,8H2,(H,17,20)(H,16,18,19). The summed E-state index contributed by atoms with van der Waals surface area (Å²) < 4.78 is 4.34. The summed E-state index contributed by atoms with van der Waals surface area (Å²) in [5, 5.41) is 5.01. The molecule has 0 radical (unpaired) electrons. The van der Waals surface area contributed by atoms with Crippen LogP contribution in [0.4, 0.5) is 5.13 Å². The monoisotopic (exact) mass is 298 g/mol. The van der Waals surface area contributed by atoms with Crippen LogP contribution in [-0.2, 0) is 6.54 Å². The zero-order valence-electron chi connectivity index (χ0n) is 11.3. The maximum absolute atomic E-state index is 12.0. The molecule has 1 aromatic carbocycles. The minimum absolute atomic E-state index is 0.0619. The molecule has 1 aliphatic carbocycles. The van der Waals surface area contributed by atoms with E-state index in [4.69, 9.17) is 0 Å². The predicted octanol–water partition coefficient (Wildman–Crippen LogP) is 2.87. The number of hydrogen-bond donors (Lipinski definition) is 2. The number of aromatic amines is 1. The average molecular weight is 298 g/mol. The van der Waals surface area contributed by atoms with E-state index in [1.54, 1.807) is 0 Å². The van der Waals surface area contributed by atoms with Crippen LogP contribution in [0.3, 0.4) is 0 Å². The lowest BCUT2D eigenvalue weighted by atomic mass is 10.1. The van der Waals surface area contributed by atoms with Crippen LogP contribution in [0.1, 0.15) is 30.1 Å². The number of aromatic nitrogens is 3. The molecule has 3 aromatic rings. The van der Waals surface area contributed by atoms with Crippen LogP contribution in [0.5, 0.6) is 0 Å². The predicted molar refractivity (Wildman–Crippen MR) is 83.8 cm³/mol. The Kier molecular flexibility index (Phi) is 2.96. The van der Waals surface area contributed by atoms with Gasteiger partial charge in [0.1, 0.15) is 5.82 Å². The van der Waals surface area contributed by atoms with E-state index < -0.39 is 0 Å². The van der Waals surface area contributed by atoms with Gasteiger partial charge in [0.05, 0.1) is 0 Å². The molecule has 1 aliphatic rings. The molecule has 1 saturated carbocycles. The number of benzene rings is 1. The molecule has 0 spiro atoms. The lowest BCUT2D eigenvalue weighted by molar-refractivity contribution is 0.978. The summed E-state index contributed by atoms with van der Waals surface area (Å²) in [6, 6.07) is 9.69. The average Bonchev–Trinajstić information content (AvgIpc) is 3.24. The molecule has 1 fully saturated rings. The van der Waals surface area contributed by atoms with Crippen LogP contribution in [-0.4, -0.2) is 14.3 Å². The van der Waals surface area contributed by atoms with Crippen molar-refractivity contribution in [1.29, 1.82) is 0 Å². The SMILES string of the molecule is O=c1[nH]c2ccccc2cc1CNc1nc(C2CC2)ns1. The molecular weight excluding hydrogens is 284 g/mol. The second-order valence-corrected chi connectivity index (χ2v) is 6.05. The van der Waals surface area contributed by atoms with Gasteiger partial charge in [-0.1, -0.05) is 18.2 Å². The van der Waals surface area contributed by atoms with E-state index in [1.807, 2.05) is 30.3 Å². The minimum Gasteiger partial charge on any atom is -0.356 e. The zero-order valence-corrected chi connectivity index (χ0v) is 12.1. The van der Waals surface area contributed by atoms with Crippen molar-refractivity contribution in [3.63, 3.8) is 0 Å². The number of hydrogen-bond acceptors (Lipinski definition) is 5. The molecular formula is C15H14N4OS. The highest BCUT2D eigenvalue weighted by Gasteiger charge is 2.27. The highest BCUT2D eigenvalue weighted by atomic mass is 32.1. The van der Waals surface area contributed by atoms with Crippen LogP contribution in [0.2, 0.25) is 0 Å². The minimum atomic E-state index is -0.0619. The van der Waals surface area contributed by atoms with E-state index in [1.165, 1.54) is 24.4 Å². The van der Waals surface area contributed by atoms with Crippen molar-refractivity contribution in [2.45, 2.75) is 25.3 Å². The van der Waals surface area contributed by atoms with Crippen LogP contribution >= 0.6 is 11.5 Å². The first-order valence-electron chi connectivity index (χ1n) is 6.98. The summed E-state index contributed by atoms with van der Waals surface area (Å²) in [5.74, 6) is 1.50. The smallest absolute Gasteiger partial charge is 0.253 e. The molecule has 0 saturated heterocycles. The second-order valence-electron chi connectivity index (χ2n) is 5.30. The van der Waals surface area contributed by atoms with Gasteiger partial charge in [0.15, 0.2) is 0 Å². The second kappa shape index (κ2) is 4.96. The third-order valence-corrected chi connectivity index (χ3v) is 4.33. The first-order valence-corrected chi connectivity index (χ1v) is 7.75. The maximum atomic E-state index is 12.0. The summed E-state index contributed by atoms with van der Waals surface area (Å²) in [7, 11) is 0. The molecule has 21 heavy (non-hydrogen) atoms. The van der Waals surface area contributed by atoms with Gasteiger partial charge in [-0.15, -0.1) is 0 Å². The molecule has 0 aliphatic heterocycles. The Balaban J connectivity index is 1.55. The Morgan fingerprint density at radius 3 is 3.05 bits per heavy atom. The van der Waals surface area contributed by atoms with Gasteiger partial charge in [-0.3, -0.25) is 4.79 Å². The van der Waals surface area contributed by atoms with Crippen molar-refractivity contribution in [2.24, 2.45) is 0 Å². The number of para-hydroxylation sites is 1. The molecule has 2 aromatic heterocycles. The van der Waals surface area contributed by atoms with E-state index in [2.05, 4.69) is 19.7 Å². The Morgan fingerprint density at radius 2 is 2.19 bits per heavy atom. The largest absolute Gasteiger partial charge is 0.356 e. The van der Waals surface area contributed by atoms with Crippen LogP contribution in [0.25, 0.3) is 10.9 Å². The molecule has 106 valence electrons. The van der Waals surface area contributed by atoms with E-state index in [0.717, 1.165) is 21.9 Å². The van der Waals surface area contributed by atoms with Gasteiger partial charge in [0, 0.05) is 35.1 Å². The van der Waals surface area contributed by atoms with Gasteiger partial charge in [-0.05, 0) is 30.4 Å². The van der Waals surface area contributed by atoms with Crippen molar-refractivity contribution in [3.8, 4) is 0 Å². The molecule has 2 N–H and O–H groups in total. The Hall–Kier alpha value is -2.21. The lowest BCUT2D eigenvalue weighted by Crippen LogP contribution is -2.15. The fraction of sp³-hybridized carbons (Fsp3) is 0.267. The number of rotatable bonds is 4. The number of H-pyrrole nitrogens is 1. The van der Waals surface area contributed by atoms with Crippen molar-refractivity contribution >= 4 is 27.6 Å². The molecule has 6 heteroatoms. The fourth-order valence-electron chi connectivity index (χ4n) is 2.31. The molecule has 0 amide bonds. The number of anilines is 1. The third kappa shape index (κ3) is 2.54. The zero-order chi connectivity index (χ0) is 14.2. The first kappa shape index (κ1) is 12.5.